The maximum Gasteiger partial charge on any atom is 0.220 e. The lowest BCUT2D eigenvalue weighted by atomic mass is 9.98. The van der Waals surface area contributed by atoms with E-state index in [4.69, 9.17) is 5.53 Å². The summed E-state index contributed by atoms with van der Waals surface area (Å²) in [7, 11) is 0. The summed E-state index contributed by atoms with van der Waals surface area (Å²) in [5, 5.41) is 12.6. The average molecular weight is 224 g/mol. The molecular weight excluding hydrogens is 213 g/mol. The van der Waals surface area contributed by atoms with Crippen molar-refractivity contribution in [2.45, 2.75) is 19.8 Å². The zero-order valence-electron chi connectivity index (χ0n) is 8.86. The van der Waals surface area contributed by atoms with Gasteiger partial charge in [-0.15, -0.1) is 0 Å². The van der Waals surface area contributed by atoms with Crippen LogP contribution in [0.5, 0.6) is 5.75 Å². The molecule has 84 valence electrons. The molecule has 5 nitrogen and oxygen atoms in total. The van der Waals surface area contributed by atoms with Crippen molar-refractivity contribution >= 4 is 12.0 Å². The molecule has 0 amide bonds. The van der Waals surface area contributed by atoms with Crippen LogP contribution in [0.1, 0.15) is 35.7 Å². The molecule has 0 heterocycles. The first-order chi connectivity index (χ1) is 7.52. The number of benzene rings is 1. The zero-order valence-corrected chi connectivity index (χ0v) is 8.86. The van der Waals surface area contributed by atoms with Crippen molar-refractivity contribution in [2.24, 2.45) is 5.11 Å². The molecule has 0 aliphatic heterocycles. The smallest absolute Gasteiger partial charge is 0.220 e. The predicted octanol–water partition coefficient (Wildman–Crippen LogP) is 2.65. The highest BCUT2D eigenvalue weighted by molar-refractivity contribution is 5.81. The molecule has 0 bridgehead atoms. The molecule has 0 saturated heterocycles. The van der Waals surface area contributed by atoms with Gasteiger partial charge in [0.05, 0.1) is 5.56 Å². The van der Waals surface area contributed by atoms with Gasteiger partial charge in [-0.3, -0.25) is 4.79 Å². The van der Waals surface area contributed by atoms with E-state index in [0.717, 1.165) is 0 Å². The fraction of sp³-hybridized carbons (Fsp3) is 0.300. The molecule has 2 N–H and O–H groups in total. The second-order valence-electron chi connectivity index (χ2n) is 3.54. The number of phenolic OH excluding ortho intramolecular Hbond substituents is 1. The monoisotopic (exact) mass is 224 g/mol. The molecule has 0 aliphatic rings. The first-order valence-electron chi connectivity index (χ1n) is 4.60. The number of aromatic hydroxyl groups is 1. The predicted molar refractivity (Wildman–Crippen MR) is 54.5 cm³/mol. The van der Waals surface area contributed by atoms with Crippen molar-refractivity contribution in [3.8, 4) is 5.75 Å². The number of nitrogens with zero attached hydrogens (tertiary/aromatic N) is 2. The van der Waals surface area contributed by atoms with E-state index in [1.165, 1.54) is 6.07 Å². The first-order valence-corrected chi connectivity index (χ1v) is 4.60. The number of nitrogens with one attached hydrogen (secondary N) is 1. The third-order valence-corrected chi connectivity index (χ3v) is 2.17. The molecule has 1 aromatic rings. The van der Waals surface area contributed by atoms with Crippen molar-refractivity contribution in [3.05, 3.63) is 23.0 Å². The van der Waals surface area contributed by atoms with Gasteiger partial charge in [-0.05, 0) is 17.5 Å². The lowest BCUT2D eigenvalue weighted by Gasteiger charge is -2.09. The van der Waals surface area contributed by atoms with Crippen LogP contribution in [0.15, 0.2) is 11.2 Å². The molecule has 0 spiro atoms. The highest BCUT2D eigenvalue weighted by Gasteiger charge is 2.22. The number of carbonyl (C=O) groups is 1. The summed E-state index contributed by atoms with van der Waals surface area (Å²) in [5.74, 6) is -1.89. The number of rotatable bonds is 3. The summed E-state index contributed by atoms with van der Waals surface area (Å²) in [6, 6.07) is 1.35. The number of carbonyl (C=O) groups excluding carboxylic acids is 1. The van der Waals surface area contributed by atoms with Crippen LogP contribution in [0.2, 0.25) is 0 Å². The molecule has 16 heavy (non-hydrogen) atoms. The number of hydrogen-bond donors (Lipinski definition) is 2. The van der Waals surface area contributed by atoms with E-state index in [-0.39, 0.29) is 17.2 Å². The molecule has 0 unspecified atom stereocenters. The summed E-state index contributed by atoms with van der Waals surface area (Å²) in [6.07, 6.45) is 0.367. The van der Waals surface area contributed by atoms with Gasteiger partial charge in [-0.1, -0.05) is 13.8 Å². The maximum absolute atomic E-state index is 13.6. The first kappa shape index (κ1) is 12.0. The quantitative estimate of drug-likeness (QED) is 0.469. The van der Waals surface area contributed by atoms with Crippen LogP contribution in [0.3, 0.4) is 0 Å². The fourth-order valence-corrected chi connectivity index (χ4v) is 1.35. The van der Waals surface area contributed by atoms with Crippen LogP contribution in [0, 0.1) is 11.3 Å². The van der Waals surface area contributed by atoms with E-state index in [1.54, 1.807) is 13.8 Å². The molecule has 6 heteroatoms. The molecule has 1 rings (SSSR count). The third-order valence-electron chi connectivity index (χ3n) is 2.17. The van der Waals surface area contributed by atoms with Gasteiger partial charge in [0.15, 0.2) is 28.7 Å². The van der Waals surface area contributed by atoms with Gasteiger partial charge in [0.25, 0.3) is 0 Å². The van der Waals surface area contributed by atoms with Gasteiger partial charge in [0, 0.05) is 0 Å². The van der Waals surface area contributed by atoms with Gasteiger partial charge in [-0.25, -0.2) is 4.39 Å². The maximum atomic E-state index is 13.6. The minimum Gasteiger partial charge on any atom is -0.504 e. The number of phenols is 1. The largest absolute Gasteiger partial charge is 0.504 e. The number of halogens is 1. The van der Waals surface area contributed by atoms with Crippen molar-refractivity contribution in [1.82, 2.24) is 4.91 Å². The molecule has 0 fully saturated rings. The van der Waals surface area contributed by atoms with E-state index in [9.17, 15) is 14.3 Å². The Hall–Kier alpha value is -2.07. The van der Waals surface area contributed by atoms with E-state index in [1.807, 2.05) is 0 Å². The highest BCUT2D eigenvalue weighted by atomic mass is 19.1. The Kier molecular flexibility index (Phi) is 3.48. The summed E-state index contributed by atoms with van der Waals surface area (Å²) in [5.41, 5.74) is 6.67. The Morgan fingerprint density at radius 1 is 1.62 bits per heavy atom. The van der Waals surface area contributed by atoms with Gasteiger partial charge in [0.2, 0.25) is 4.91 Å². The highest BCUT2D eigenvalue weighted by Crippen LogP contribution is 2.36. The molecule has 1 aromatic carbocycles. The summed E-state index contributed by atoms with van der Waals surface area (Å²) >= 11 is 0. The average Bonchev–Trinajstić information content (AvgIpc) is 2.25. The standard InChI is InChI=1S/C10H10FN3O2/c1-5(2)7-3-6(4-15)10(16)8(11)9(7)13-14-12/h3-5,12H,1-2H3/p+1. The summed E-state index contributed by atoms with van der Waals surface area (Å²) in [6.45, 7) is 3.56. The second kappa shape index (κ2) is 4.63. The molecule has 0 atom stereocenters. The minimum absolute atomic E-state index is 0.103. The number of hydrogen-bond acceptors (Lipinski definition) is 4. The second-order valence-corrected chi connectivity index (χ2v) is 3.54. The zero-order chi connectivity index (χ0) is 12.3. The van der Waals surface area contributed by atoms with E-state index in [0.29, 0.717) is 11.8 Å². The van der Waals surface area contributed by atoms with Crippen molar-refractivity contribution < 1.29 is 14.3 Å². The van der Waals surface area contributed by atoms with Crippen molar-refractivity contribution in [3.63, 3.8) is 0 Å². The minimum atomic E-state index is -1.02. The Morgan fingerprint density at radius 2 is 2.25 bits per heavy atom. The van der Waals surface area contributed by atoms with Crippen LogP contribution >= 0.6 is 0 Å². The normalized spacial score (nSPS) is 10.0. The molecular formula is C10H11FN3O2+. The van der Waals surface area contributed by atoms with Crippen LogP contribution < -0.4 is 4.91 Å². The lowest BCUT2D eigenvalue weighted by molar-refractivity contribution is 0.112. The Labute approximate surface area is 91.1 Å². The van der Waals surface area contributed by atoms with E-state index in [2.05, 4.69) is 10.0 Å². The van der Waals surface area contributed by atoms with Gasteiger partial charge >= 0.3 is 0 Å². The van der Waals surface area contributed by atoms with Crippen molar-refractivity contribution in [2.75, 3.05) is 0 Å². The number of aldehydes is 1. The van der Waals surface area contributed by atoms with Crippen LogP contribution in [0.25, 0.3) is 0 Å². The van der Waals surface area contributed by atoms with E-state index < -0.39 is 11.6 Å². The third kappa shape index (κ3) is 1.97. The summed E-state index contributed by atoms with van der Waals surface area (Å²) in [4.78, 5) is 13.3. The van der Waals surface area contributed by atoms with E-state index >= 15 is 0 Å². The topological polar surface area (TPSA) is 87.6 Å². The van der Waals surface area contributed by atoms with Crippen LogP contribution in [0.4, 0.5) is 10.1 Å². The fourth-order valence-electron chi connectivity index (χ4n) is 1.35. The van der Waals surface area contributed by atoms with Crippen LogP contribution in [-0.2, 0) is 0 Å². The Balaban J connectivity index is 3.63. The van der Waals surface area contributed by atoms with Gasteiger partial charge in [0.1, 0.15) is 5.53 Å². The molecule has 0 radical (unpaired) electrons. The Bertz CT molecular complexity index is 479. The van der Waals surface area contributed by atoms with Crippen molar-refractivity contribution in [1.29, 1.82) is 5.53 Å². The van der Waals surface area contributed by atoms with Gasteiger partial charge in [-0.2, -0.15) is 0 Å². The lowest BCUT2D eigenvalue weighted by Crippen LogP contribution is -1.96. The SMILES string of the molecule is CC(C)c1cc(C=O)c(O)c(F)c1N=[N+]=N. The van der Waals surface area contributed by atoms with Crippen LogP contribution in [-0.4, -0.2) is 11.4 Å². The Morgan fingerprint density at radius 3 is 2.69 bits per heavy atom. The molecule has 0 aromatic heterocycles. The molecule has 0 saturated carbocycles. The summed E-state index contributed by atoms with van der Waals surface area (Å²) < 4.78 is 13.6. The van der Waals surface area contributed by atoms with Gasteiger partial charge < -0.3 is 5.11 Å². The molecule has 0 aliphatic carbocycles.